The number of hydrogen-bond donors (Lipinski definition) is 0. The van der Waals surface area contributed by atoms with Crippen LogP contribution in [0.5, 0.6) is 0 Å². The Morgan fingerprint density at radius 3 is 2.57 bits per heavy atom. The molecule has 23 heavy (non-hydrogen) atoms. The van der Waals surface area contributed by atoms with Gasteiger partial charge in [0, 0.05) is 26.2 Å². The molecule has 0 radical (unpaired) electrons. The quantitative estimate of drug-likeness (QED) is 0.808. The standard InChI is InChI=1S/C17H22ClN5/c1-14-16(12-19-22-10-8-21(2)9-11-22)17(18)23(20-14)13-15-6-4-3-5-7-15/h3-7,12H,8-11,13H2,1-2H3/b19-12-. The van der Waals surface area contributed by atoms with E-state index in [-0.39, 0.29) is 0 Å². The van der Waals surface area contributed by atoms with E-state index < -0.39 is 0 Å². The lowest BCUT2D eigenvalue weighted by Gasteiger charge is -2.30. The van der Waals surface area contributed by atoms with Gasteiger partial charge in [-0.15, -0.1) is 0 Å². The summed E-state index contributed by atoms with van der Waals surface area (Å²) in [6.45, 7) is 6.61. The molecule has 2 aromatic rings. The van der Waals surface area contributed by atoms with Crippen LogP contribution >= 0.6 is 11.6 Å². The minimum Gasteiger partial charge on any atom is -0.303 e. The zero-order valence-corrected chi connectivity index (χ0v) is 14.4. The van der Waals surface area contributed by atoms with Crippen molar-refractivity contribution in [3.8, 4) is 0 Å². The molecule has 0 unspecified atom stereocenters. The molecule has 0 bridgehead atoms. The van der Waals surface area contributed by atoms with Gasteiger partial charge in [0.05, 0.1) is 24.0 Å². The van der Waals surface area contributed by atoms with E-state index in [2.05, 4.69) is 39.3 Å². The van der Waals surface area contributed by atoms with Crippen LogP contribution in [0.4, 0.5) is 0 Å². The third-order valence-electron chi connectivity index (χ3n) is 4.11. The minimum atomic E-state index is 0.643. The zero-order chi connectivity index (χ0) is 16.2. The molecule has 1 fully saturated rings. The Labute approximate surface area is 142 Å². The van der Waals surface area contributed by atoms with Gasteiger partial charge < -0.3 is 4.90 Å². The van der Waals surface area contributed by atoms with Crippen LogP contribution in [-0.2, 0) is 6.54 Å². The molecular weight excluding hydrogens is 310 g/mol. The number of hydrogen-bond acceptors (Lipinski definition) is 4. The number of piperazine rings is 1. The van der Waals surface area contributed by atoms with Gasteiger partial charge in [-0.2, -0.15) is 10.2 Å². The van der Waals surface area contributed by atoms with Crippen LogP contribution in [-0.4, -0.2) is 59.1 Å². The molecule has 0 spiro atoms. The molecular formula is C17H22ClN5. The number of hydrazone groups is 1. The largest absolute Gasteiger partial charge is 0.303 e. The number of halogens is 1. The number of nitrogens with zero attached hydrogens (tertiary/aromatic N) is 5. The number of likely N-dealkylation sites (N-methyl/N-ethyl adjacent to an activating group) is 1. The van der Waals surface area contributed by atoms with Crippen molar-refractivity contribution in [2.24, 2.45) is 5.10 Å². The van der Waals surface area contributed by atoms with Crippen LogP contribution in [0.15, 0.2) is 35.4 Å². The average molecular weight is 332 g/mol. The number of aromatic nitrogens is 2. The molecule has 3 rings (SSSR count). The predicted molar refractivity (Wildman–Crippen MR) is 94.2 cm³/mol. The maximum absolute atomic E-state index is 6.50. The second-order valence-electron chi connectivity index (χ2n) is 5.93. The molecule has 1 aromatic carbocycles. The highest BCUT2D eigenvalue weighted by Gasteiger charge is 2.14. The third kappa shape index (κ3) is 3.92. The van der Waals surface area contributed by atoms with Gasteiger partial charge in [0.25, 0.3) is 0 Å². The van der Waals surface area contributed by atoms with Gasteiger partial charge in [0.15, 0.2) is 0 Å². The van der Waals surface area contributed by atoms with Crippen LogP contribution in [0.1, 0.15) is 16.8 Å². The van der Waals surface area contributed by atoms with E-state index in [1.165, 1.54) is 5.56 Å². The van der Waals surface area contributed by atoms with Gasteiger partial charge >= 0.3 is 0 Å². The molecule has 122 valence electrons. The molecule has 0 saturated carbocycles. The Kier molecular flexibility index (Phi) is 4.98. The second-order valence-corrected chi connectivity index (χ2v) is 6.29. The van der Waals surface area contributed by atoms with E-state index in [4.69, 9.17) is 11.6 Å². The van der Waals surface area contributed by atoms with Crippen molar-refractivity contribution in [1.82, 2.24) is 19.7 Å². The fraction of sp³-hybridized carbons (Fsp3) is 0.412. The van der Waals surface area contributed by atoms with E-state index >= 15 is 0 Å². The summed E-state index contributed by atoms with van der Waals surface area (Å²) in [7, 11) is 2.13. The fourth-order valence-electron chi connectivity index (χ4n) is 2.63. The highest BCUT2D eigenvalue weighted by molar-refractivity contribution is 6.32. The first-order valence-electron chi connectivity index (χ1n) is 7.88. The highest BCUT2D eigenvalue weighted by Crippen LogP contribution is 2.19. The highest BCUT2D eigenvalue weighted by atomic mass is 35.5. The van der Waals surface area contributed by atoms with Crippen molar-refractivity contribution in [2.45, 2.75) is 13.5 Å². The smallest absolute Gasteiger partial charge is 0.136 e. The van der Waals surface area contributed by atoms with Crippen LogP contribution in [0.25, 0.3) is 0 Å². The minimum absolute atomic E-state index is 0.643. The van der Waals surface area contributed by atoms with Gasteiger partial charge in [0.2, 0.25) is 0 Å². The zero-order valence-electron chi connectivity index (χ0n) is 13.6. The topological polar surface area (TPSA) is 36.7 Å². The first kappa shape index (κ1) is 16.0. The molecule has 0 atom stereocenters. The lowest BCUT2D eigenvalue weighted by Crippen LogP contribution is -2.41. The molecule has 0 amide bonds. The van der Waals surface area contributed by atoms with Gasteiger partial charge in [-0.1, -0.05) is 41.9 Å². The monoisotopic (exact) mass is 331 g/mol. The summed E-state index contributed by atoms with van der Waals surface area (Å²) in [5.41, 5.74) is 2.99. The van der Waals surface area contributed by atoms with Crippen LogP contribution < -0.4 is 0 Å². The van der Waals surface area contributed by atoms with Gasteiger partial charge in [-0.3, -0.25) is 5.01 Å². The maximum Gasteiger partial charge on any atom is 0.136 e. The normalized spacial score (nSPS) is 16.4. The van der Waals surface area contributed by atoms with Crippen molar-refractivity contribution in [3.05, 3.63) is 52.3 Å². The Morgan fingerprint density at radius 2 is 1.87 bits per heavy atom. The summed E-state index contributed by atoms with van der Waals surface area (Å²) in [6, 6.07) is 10.2. The summed E-state index contributed by atoms with van der Waals surface area (Å²) in [6.07, 6.45) is 1.84. The SMILES string of the molecule is Cc1nn(Cc2ccccc2)c(Cl)c1/C=N\N1CCN(C)CC1. The van der Waals surface area contributed by atoms with E-state index in [9.17, 15) is 0 Å². The molecule has 5 nitrogen and oxygen atoms in total. The molecule has 1 aliphatic rings. The van der Waals surface area contributed by atoms with E-state index in [0.717, 1.165) is 37.4 Å². The molecule has 2 heterocycles. The van der Waals surface area contributed by atoms with Crippen LogP contribution in [0.2, 0.25) is 5.15 Å². The molecule has 0 N–H and O–H groups in total. The Morgan fingerprint density at radius 1 is 1.17 bits per heavy atom. The lowest BCUT2D eigenvalue weighted by molar-refractivity contribution is 0.159. The van der Waals surface area contributed by atoms with E-state index in [0.29, 0.717) is 11.7 Å². The molecule has 1 aromatic heterocycles. The van der Waals surface area contributed by atoms with E-state index in [1.807, 2.05) is 36.0 Å². The van der Waals surface area contributed by atoms with Crippen LogP contribution in [0.3, 0.4) is 0 Å². The summed E-state index contributed by atoms with van der Waals surface area (Å²) in [5.74, 6) is 0. The molecule has 6 heteroatoms. The molecule has 1 saturated heterocycles. The summed E-state index contributed by atoms with van der Waals surface area (Å²) in [4.78, 5) is 2.31. The van der Waals surface area contributed by atoms with Crippen molar-refractivity contribution in [1.29, 1.82) is 0 Å². The fourth-order valence-corrected chi connectivity index (χ4v) is 2.91. The van der Waals surface area contributed by atoms with Crippen molar-refractivity contribution >= 4 is 17.8 Å². The van der Waals surface area contributed by atoms with Gasteiger partial charge in [0.1, 0.15) is 5.15 Å². The lowest BCUT2D eigenvalue weighted by atomic mass is 10.2. The Hall–Kier alpha value is -1.85. The summed E-state index contributed by atoms with van der Waals surface area (Å²) >= 11 is 6.50. The third-order valence-corrected chi connectivity index (χ3v) is 4.51. The van der Waals surface area contributed by atoms with Gasteiger partial charge in [-0.25, -0.2) is 4.68 Å². The number of rotatable bonds is 4. The molecule has 0 aliphatic carbocycles. The van der Waals surface area contributed by atoms with Crippen molar-refractivity contribution in [3.63, 3.8) is 0 Å². The second kappa shape index (κ2) is 7.15. The van der Waals surface area contributed by atoms with Crippen LogP contribution in [0, 0.1) is 6.92 Å². The maximum atomic E-state index is 6.50. The first-order valence-corrected chi connectivity index (χ1v) is 8.25. The Balaban J connectivity index is 1.73. The summed E-state index contributed by atoms with van der Waals surface area (Å²) < 4.78 is 1.83. The predicted octanol–water partition coefficient (Wildman–Crippen LogP) is 2.47. The Bertz CT molecular complexity index is 672. The number of aryl methyl sites for hydroxylation is 1. The number of benzene rings is 1. The van der Waals surface area contributed by atoms with E-state index in [1.54, 1.807) is 0 Å². The van der Waals surface area contributed by atoms with Gasteiger partial charge in [-0.05, 0) is 19.5 Å². The average Bonchev–Trinajstić information content (AvgIpc) is 2.82. The molecule has 1 aliphatic heterocycles. The first-order chi connectivity index (χ1) is 11.1. The van der Waals surface area contributed by atoms with Crippen molar-refractivity contribution in [2.75, 3.05) is 33.2 Å². The van der Waals surface area contributed by atoms with Crippen molar-refractivity contribution < 1.29 is 0 Å². The summed E-state index contributed by atoms with van der Waals surface area (Å²) in [5, 5.41) is 11.9.